The number of rotatable bonds is 2. The molecule has 0 saturated carbocycles. The molecule has 2 aromatic heterocycles. The van der Waals surface area contributed by atoms with Crippen molar-refractivity contribution in [2.45, 2.75) is 6.42 Å². The third-order valence-electron chi connectivity index (χ3n) is 3.29. The summed E-state index contributed by atoms with van der Waals surface area (Å²) >= 11 is 0. The zero-order valence-electron chi connectivity index (χ0n) is 10.1. The monoisotopic (exact) mass is 246 g/mol. The van der Waals surface area contributed by atoms with Crippen LogP contribution in [0.25, 0.3) is 5.65 Å². The summed E-state index contributed by atoms with van der Waals surface area (Å²) in [6.45, 7) is 1.50. The van der Waals surface area contributed by atoms with Crippen LogP contribution in [0.15, 0.2) is 24.5 Å². The molecule has 6 nitrogen and oxygen atoms in total. The van der Waals surface area contributed by atoms with Gasteiger partial charge in [-0.15, -0.1) is 0 Å². The maximum atomic E-state index is 11.5. The van der Waals surface area contributed by atoms with Gasteiger partial charge in [-0.2, -0.15) is 5.10 Å². The van der Waals surface area contributed by atoms with E-state index in [1.165, 1.54) is 7.11 Å². The van der Waals surface area contributed by atoms with Crippen molar-refractivity contribution in [3.05, 3.63) is 24.5 Å². The SMILES string of the molecule is COC(=O)C1CCN(c2ccn3nccc3n2)C1. The van der Waals surface area contributed by atoms with Crippen LogP contribution >= 0.6 is 0 Å². The largest absolute Gasteiger partial charge is 0.469 e. The van der Waals surface area contributed by atoms with E-state index in [-0.39, 0.29) is 11.9 Å². The van der Waals surface area contributed by atoms with E-state index in [1.807, 2.05) is 18.3 Å². The summed E-state index contributed by atoms with van der Waals surface area (Å²) in [5.74, 6) is 0.704. The third kappa shape index (κ3) is 1.79. The van der Waals surface area contributed by atoms with Gasteiger partial charge in [0, 0.05) is 25.4 Å². The second-order valence-electron chi connectivity index (χ2n) is 4.37. The topological polar surface area (TPSA) is 59.7 Å². The zero-order chi connectivity index (χ0) is 12.5. The number of methoxy groups -OCH3 is 1. The van der Waals surface area contributed by atoms with Crippen LogP contribution in [0.5, 0.6) is 0 Å². The van der Waals surface area contributed by atoms with Crippen molar-refractivity contribution >= 4 is 17.4 Å². The fraction of sp³-hybridized carbons (Fsp3) is 0.417. The molecule has 1 fully saturated rings. The minimum atomic E-state index is -0.136. The molecule has 1 aliphatic heterocycles. The van der Waals surface area contributed by atoms with E-state index in [0.717, 1.165) is 24.4 Å². The second kappa shape index (κ2) is 4.29. The molecule has 1 aliphatic rings. The van der Waals surface area contributed by atoms with E-state index in [1.54, 1.807) is 10.7 Å². The lowest BCUT2D eigenvalue weighted by Crippen LogP contribution is -2.24. The number of carbonyl (C=O) groups is 1. The number of ether oxygens (including phenoxy) is 1. The third-order valence-corrected chi connectivity index (χ3v) is 3.29. The van der Waals surface area contributed by atoms with E-state index < -0.39 is 0 Å². The first-order valence-corrected chi connectivity index (χ1v) is 5.91. The lowest BCUT2D eigenvalue weighted by molar-refractivity contribution is -0.144. The van der Waals surface area contributed by atoms with Crippen LogP contribution in [-0.2, 0) is 9.53 Å². The van der Waals surface area contributed by atoms with Crippen molar-refractivity contribution in [1.29, 1.82) is 0 Å². The Morgan fingerprint density at radius 2 is 2.39 bits per heavy atom. The van der Waals surface area contributed by atoms with Gasteiger partial charge < -0.3 is 9.64 Å². The highest BCUT2D eigenvalue weighted by Crippen LogP contribution is 2.23. The summed E-state index contributed by atoms with van der Waals surface area (Å²) < 4.78 is 6.50. The number of aromatic nitrogens is 3. The summed E-state index contributed by atoms with van der Waals surface area (Å²) in [7, 11) is 1.43. The van der Waals surface area contributed by atoms with E-state index in [0.29, 0.717) is 6.54 Å². The fourth-order valence-electron chi connectivity index (χ4n) is 2.31. The molecular formula is C12H14N4O2. The van der Waals surface area contributed by atoms with E-state index in [4.69, 9.17) is 4.74 Å². The van der Waals surface area contributed by atoms with Crippen LogP contribution in [0.4, 0.5) is 5.82 Å². The molecule has 0 aromatic carbocycles. The van der Waals surface area contributed by atoms with E-state index in [2.05, 4.69) is 15.0 Å². The quantitative estimate of drug-likeness (QED) is 0.731. The van der Waals surface area contributed by atoms with Crippen LogP contribution in [0.3, 0.4) is 0 Å². The molecule has 1 atom stereocenters. The van der Waals surface area contributed by atoms with Crippen molar-refractivity contribution in [2.75, 3.05) is 25.1 Å². The molecule has 0 spiro atoms. The average Bonchev–Trinajstić information content (AvgIpc) is 3.05. The molecule has 0 bridgehead atoms. The molecule has 18 heavy (non-hydrogen) atoms. The number of fused-ring (bicyclic) bond motifs is 1. The molecule has 0 aliphatic carbocycles. The van der Waals surface area contributed by atoms with E-state index >= 15 is 0 Å². The smallest absolute Gasteiger partial charge is 0.310 e. The molecule has 1 unspecified atom stereocenters. The fourth-order valence-corrected chi connectivity index (χ4v) is 2.31. The first-order chi connectivity index (χ1) is 8.78. The van der Waals surface area contributed by atoms with Gasteiger partial charge in [0.25, 0.3) is 0 Å². The number of nitrogens with zero attached hydrogens (tertiary/aromatic N) is 4. The highest BCUT2D eigenvalue weighted by atomic mass is 16.5. The Kier molecular flexibility index (Phi) is 2.62. The lowest BCUT2D eigenvalue weighted by Gasteiger charge is -2.16. The van der Waals surface area contributed by atoms with Gasteiger partial charge in [-0.05, 0) is 12.5 Å². The number of hydrogen-bond acceptors (Lipinski definition) is 5. The first kappa shape index (κ1) is 11.0. The Morgan fingerprint density at radius 3 is 3.22 bits per heavy atom. The maximum Gasteiger partial charge on any atom is 0.310 e. The molecule has 2 aromatic rings. The molecule has 6 heteroatoms. The minimum absolute atomic E-state index is 0.0436. The Hall–Kier alpha value is -2.11. The second-order valence-corrected chi connectivity index (χ2v) is 4.37. The molecule has 0 radical (unpaired) electrons. The number of hydrogen-bond donors (Lipinski definition) is 0. The maximum absolute atomic E-state index is 11.5. The average molecular weight is 246 g/mol. The highest BCUT2D eigenvalue weighted by molar-refractivity contribution is 5.74. The number of esters is 1. The van der Waals surface area contributed by atoms with Gasteiger partial charge in [0.15, 0.2) is 5.65 Å². The molecular weight excluding hydrogens is 232 g/mol. The predicted octanol–water partition coefficient (Wildman–Crippen LogP) is 0.729. The molecule has 3 heterocycles. The van der Waals surface area contributed by atoms with Gasteiger partial charge >= 0.3 is 5.97 Å². The van der Waals surface area contributed by atoms with Gasteiger partial charge in [-0.1, -0.05) is 0 Å². The van der Waals surface area contributed by atoms with Crippen molar-refractivity contribution in [3.63, 3.8) is 0 Å². The van der Waals surface area contributed by atoms with Crippen molar-refractivity contribution in [1.82, 2.24) is 14.6 Å². The normalized spacial score (nSPS) is 19.4. The molecule has 3 rings (SSSR count). The van der Waals surface area contributed by atoms with Crippen molar-refractivity contribution < 1.29 is 9.53 Å². The standard InChI is InChI=1S/C12H14N4O2/c1-18-12(17)9-3-6-15(8-9)10-4-7-16-11(14-10)2-5-13-16/h2,4-5,7,9H,3,6,8H2,1H3. The van der Waals surface area contributed by atoms with Crippen LogP contribution in [-0.4, -0.2) is 40.8 Å². The number of carbonyl (C=O) groups excluding carboxylic acids is 1. The Labute approximate surface area is 104 Å². The minimum Gasteiger partial charge on any atom is -0.469 e. The molecule has 0 amide bonds. The van der Waals surface area contributed by atoms with Crippen molar-refractivity contribution in [2.24, 2.45) is 5.92 Å². The Morgan fingerprint density at radius 1 is 1.50 bits per heavy atom. The first-order valence-electron chi connectivity index (χ1n) is 5.91. The van der Waals surface area contributed by atoms with Gasteiger partial charge in [-0.25, -0.2) is 9.50 Å². The van der Waals surface area contributed by atoms with Crippen LogP contribution in [0.2, 0.25) is 0 Å². The Balaban J connectivity index is 1.81. The summed E-state index contributed by atoms with van der Waals surface area (Å²) in [6.07, 6.45) is 4.41. The van der Waals surface area contributed by atoms with Crippen molar-refractivity contribution in [3.8, 4) is 0 Å². The van der Waals surface area contributed by atoms with E-state index in [9.17, 15) is 4.79 Å². The summed E-state index contributed by atoms with van der Waals surface area (Å²) in [5, 5.41) is 4.10. The lowest BCUT2D eigenvalue weighted by atomic mass is 10.1. The molecule has 0 N–H and O–H groups in total. The van der Waals surface area contributed by atoms with Crippen LogP contribution in [0, 0.1) is 5.92 Å². The van der Waals surface area contributed by atoms with Gasteiger partial charge in [0.05, 0.1) is 19.2 Å². The molecule has 94 valence electrons. The zero-order valence-corrected chi connectivity index (χ0v) is 10.1. The van der Waals surface area contributed by atoms with Crippen LogP contribution in [0.1, 0.15) is 6.42 Å². The van der Waals surface area contributed by atoms with Gasteiger partial charge in [0.1, 0.15) is 5.82 Å². The summed E-state index contributed by atoms with van der Waals surface area (Å²) in [5.41, 5.74) is 0.814. The Bertz CT molecular complexity index is 580. The summed E-state index contributed by atoms with van der Waals surface area (Å²) in [4.78, 5) is 18.1. The predicted molar refractivity (Wildman–Crippen MR) is 65.3 cm³/mol. The van der Waals surface area contributed by atoms with Gasteiger partial charge in [-0.3, -0.25) is 4.79 Å². The van der Waals surface area contributed by atoms with Crippen LogP contribution < -0.4 is 4.90 Å². The van der Waals surface area contributed by atoms with Gasteiger partial charge in [0.2, 0.25) is 0 Å². The number of anilines is 1. The highest BCUT2D eigenvalue weighted by Gasteiger charge is 2.29. The molecule has 1 saturated heterocycles. The summed E-state index contributed by atoms with van der Waals surface area (Å²) in [6, 6.07) is 3.77.